The van der Waals surface area contributed by atoms with E-state index in [1.165, 1.54) is 6.07 Å². The number of nitrogens with zero attached hydrogens (tertiary/aromatic N) is 2. The largest absolute Gasteiger partial charge is 0.416 e. The van der Waals surface area contributed by atoms with Gasteiger partial charge in [-0.3, -0.25) is 9.59 Å². The molecule has 2 aliphatic rings. The molecule has 2 aromatic carbocycles. The molecule has 2 amide bonds. The van der Waals surface area contributed by atoms with Gasteiger partial charge in [0.1, 0.15) is 0 Å². The second kappa shape index (κ2) is 8.63. The Bertz CT molecular complexity index is 1010. The van der Waals surface area contributed by atoms with E-state index >= 15 is 0 Å². The van der Waals surface area contributed by atoms with Gasteiger partial charge in [0, 0.05) is 37.5 Å². The summed E-state index contributed by atoms with van der Waals surface area (Å²) in [6.45, 7) is 2.27. The molecule has 1 atom stereocenters. The van der Waals surface area contributed by atoms with E-state index in [0.717, 1.165) is 29.6 Å². The van der Waals surface area contributed by atoms with Crippen molar-refractivity contribution < 1.29 is 22.8 Å². The summed E-state index contributed by atoms with van der Waals surface area (Å²) in [4.78, 5) is 29.5. The summed E-state index contributed by atoms with van der Waals surface area (Å²) in [5, 5.41) is 2.49. The molecule has 1 fully saturated rings. The fraction of sp³-hybridized carbons (Fsp3) is 0.333. The Morgan fingerprint density at radius 2 is 1.84 bits per heavy atom. The van der Waals surface area contributed by atoms with Gasteiger partial charge in [-0.25, -0.2) is 0 Å². The quantitative estimate of drug-likeness (QED) is 0.718. The number of carbonyl (C=O) groups is 2. The summed E-state index contributed by atoms with van der Waals surface area (Å²) in [6.07, 6.45) is -4.49. The Morgan fingerprint density at radius 1 is 1.13 bits per heavy atom. The summed E-state index contributed by atoms with van der Waals surface area (Å²) in [6, 6.07) is 10.8. The lowest BCUT2D eigenvalue weighted by Crippen LogP contribution is -2.49. The molecule has 0 spiro atoms. The predicted molar refractivity (Wildman–Crippen MR) is 115 cm³/mol. The Balaban J connectivity index is 1.36. The van der Waals surface area contributed by atoms with Crippen molar-refractivity contribution in [2.45, 2.75) is 22.7 Å². The van der Waals surface area contributed by atoms with Crippen molar-refractivity contribution in [2.24, 2.45) is 0 Å². The SMILES string of the molecule is O=C1Nc2cc(C(F)(F)F)ccc2SC1CC(=O)N1CCN(c2ccccc2Cl)CC1. The fourth-order valence-electron chi connectivity index (χ4n) is 3.65. The van der Waals surface area contributed by atoms with Gasteiger partial charge in [0.05, 0.1) is 27.2 Å². The predicted octanol–water partition coefficient (Wildman–Crippen LogP) is 4.51. The van der Waals surface area contributed by atoms with E-state index in [9.17, 15) is 22.8 Å². The van der Waals surface area contributed by atoms with Crippen molar-refractivity contribution in [1.82, 2.24) is 4.90 Å². The third kappa shape index (κ3) is 4.77. The lowest BCUT2D eigenvalue weighted by molar-refractivity contribution is -0.137. The standard InChI is InChI=1S/C21H19ClF3N3O2S/c22-14-3-1-2-4-16(14)27-7-9-28(10-8-27)19(29)12-18-20(30)26-15-11-13(21(23,24)25)5-6-17(15)31-18/h1-6,11,18H,7-10,12H2,(H,26,30). The highest BCUT2D eigenvalue weighted by atomic mass is 35.5. The molecule has 0 aromatic heterocycles. The second-order valence-corrected chi connectivity index (χ2v) is 8.98. The first-order valence-corrected chi connectivity index (χ1v) is 10.9. The average molecular weight is 470 g/mol. The summed E-state index contributed by atoms with van der Waals surface area (Å²) in [7, 11) is 0. The van der Waals surface area contributed by atoms with E-state index in [1.54, 1.807) is 4.90 Å². The van der Waals surface area contributed by atoms with Gasteiger partial charge in [-0.1, -0.05) is 23.7 Å². The number of alkyl halides is 3. The average Bonchev–Trinajstić information content (AvgIpc) is 2.74. The zero-order valence-corrected chi connectivity index (χ0v) is 17.9. The van der Waals surface area contributed by atoms with Gasteiger partial charge in [-0.2, -0.15) is 13.2 Å². The van der Waals surface area contributed by atoms with Gasteiger partial charge < -0.3 is 15.1 Å². The van der Waals surface area contributed by atoms with E-state index in [1.807, 2.05) is 24.3 Å². The number of benzene rings is 2. The van der Waals surface area contributed by atoms with Gasteiger partial charge in [-0.15, -0.1) is 11.8 Å². The minimum Gasteiger partial charge on any atom is -0.367 e. The van der Waals surface area contributed by atoms with Crippen molar-refractivity contribution in [3.05, 3.63) is 53.1 Å². The number of hydrogen-bond acceptors (Lipinski definition) is 4. The number of nitrogens with one attached hydrogen (secondary N) is 1. The van der Waals surface area contributed by atoms with Crippen LogP contribution in [-0.2, 0) is 15.8 Å². The van der Waals surface area contributed by atoms with Crippen LogP contribution in [-0.4, -0.2) is 48.1 Å². The maximum absolute atomic E-state index is 12.9. The molecule has 10 heteroatoms. The highest BCUT2D eigenvalue weighted by Gasteiger charge is 2.35. The zero-order chi connectivity index (χ0) is 22.2. The molecule has 164 valence electrons. The number of carbonyl (C=O) groups excluding carboxylic acids is 2. The maximum Gasteiger partial charge on any atom is 0.416 e. The summed E-state index contributed by atoms with van der Waals surface area (Å²) in [5.41, 5.74) is 0.230. The molecule has 1 saturated heterocycles. The first-order chi connectivity index (χ1) is 14.7. The van der Waals surface area contributed by atoms with Crippen LogP contribution in [0.15, 0.2) is 47.4 Å². The van der Waals surface area contributed by atoms with E-state index in [-0.39, 0.29) is 18.0 Å². The van der Waals surface area contributed by atoms with Crippen molar-refractivity contribution in [2.75, 3.05) is 36.4 Å². The van der Waals surface area contributed by atoms with Crippen LogP contribution in [0, 0.1) is 0 Å². The molecule has 2 aromatic rings. The first kappa shape index (κ1) is 21.8. The lowest BCUT2D eigenvalue weighted by atomic mass is 10.1. The molecule has 0 bridgehead atoms. The molecule has 4 rings (SSSR count). The van der Waals surface area contributed by atoms with Crippen LogP contribution in [0.1, 0.15) is 12.0 Å². The van der Waals surface area contributed by atoms with Crippen LogP contribution in [0.5, 0.6) is 0 Å². The number of amides is 2. The number of thioether (sulfide) groups is 1. The van der Waals surface area contributed by atoms with E-state index in [2.05, 4.69) is 10.2 Å². The van der Waals surface area contributed by atoms with E-state index in [0.29, 0.717) is 36.1 Å². The van der Waals surface area contributed by atoms with E-state index in [4.69, 9.17) is 11.6 Å². The van der Waals surface area contributed by atoms with Gasteiger partial charge >= 0.3 is 6.18 Å². The first-order valence-electron chi connectivity index (χ1n) is 9.68. The van der Waals surface area contributed by atoms with Crippen LogP contribution in [0.25, 0.3) is 0 Å². The molecule has 2 aliphatic heterocycles. The minimum atomic E-state index is -4.48. The number of rotatable bonds is 3. The van der Waals surface area contributed by atoms with Crippen LogP contribution in [0.3, 0.4) is 0 Å². The molecule has 0 aliphatic carbocycles. The number of hydrogen-bond donors (Lipinski definition) is 1. The highest BCUT2D eigenvalue weighted by Crippen LogP contribution is 2.40. The molecule has 1 N–H and O–H groups in total. The molecular weight excluding hydrogens is 451 g/mol. The number of piperazine rings is 1. The molecule has 2 heterocycles. The lowest BCUT2D eigenvalue weighted by Gasteiger charge is -2.37. The minimum absolute atomic E-state index is 0.0109. The van der Waals surface area contributed by atoms with Gasteiger partial charge in [-0.05, 0) is 30.3 Å². The van der Waals surface area contributed by atoms with Gasteiger partial charge in [0.2, 0.25) is 11.8 Å². The van der Waals surface area contributed by atoms with E-state index < -0.39 is 22.9 Å². The summed E-state index contributed by atoms with van der Waals surface area (Å²) >= 11 is 7.37. The Kier molecular flexibility index (Phi) is 6.07. The van der Waals surface area contributed by atoms with Crippen molar-refractivity contribution in [1.29, 1.82) is 0 Å². The topological polar surface area (TPSA) is 52.7 Å². The number of anilines is 2. The molecule has 0 saturated carbocycles. The summed E-state index contributed by atoms with van der Waals surface area (Å²) < 4.78 is 38.7. The second-order valence-electron chi connectivity index (χ2n) is 7.33. The highest BCUT2D eigenvalue weighted by molar-refractivity contribution is 8.01. The molecular formula is C21H19ClF3N3O2S. The van der Waals surface area contributed by atoms with Gasteiger partial charge in [0.15, 0.2) is 0 Å². The maximum atomic E-state index is 12.9. The van der Waals surface area contributed by atoms with Crippen molar-refractivity contribution >= 4 is 46.6 Å². The number of fused-ring (bicyclic) bond motifs is 1. The third-order valence-electron chi connectivity index (χ3n) is 5.31. The Labute approximate surface area is 186 Å². The molecule has 31 heavy (non-hydrogen) atoms. The molecule has 1 unspecified atom stereocenters. The number of halogens is 4. The van der Waals surface area contributed by atoms with Crippen LogP contribution < -0.4 is 10.2 Å². The smallest absolute Gasteiger partial charge is 0.367 e. The Morgan fingerprint density at radius 3 is 2.52 bits per heavy atom. The van der Waals surface area contributed by atoms with Crippen LogP contribution in [0.2, 0.25) is 5.02 Å². The Hall–Kier alpha value is -2.39. The summed E-state index contributed by atoms with van der Waals surface area (Å²) in [5.74, 6) is -0.610. The normalized spacial score (nSPS) is 19.1. The number of para-hydroxylation sites is 1. The third-order valence-corrected chi connectivity index (χ3v) is 6.91. The van der Waals surface area contributed by atoms with Gasteiger partial charge in [0.25, 0.3) is 0 Å². The van der Waals surface area contributed by atoms with Crippen LogP contribution in [0.4, 0.5) is 24.5 Å². The molecule has 5 nitrogen and oxygen atoms in total. The zero-order valence-electron chi connectivity index (χ0n) is 16.3. The fourth-order valence-corrected chi connectivity index (χ4v) is 4.99. The molecule has 0 radical (unpaired) electrons. The monoisotopic (exact) mass is 469 g/mol. The van der Waals surface area contributed by atoms with Crippen LogP contribution >= 0.6 is 23.4 Å². The van der Waals surface area contributed by atoms with Crippen molar-refractivity contribution in [3.63, 3.8) is 0 Å². The van der Waals surface area contributed by atoms with Crippen molar-refractivity contribution in [3.8, 4) is 0 Å².